The first-order valence-electron chi connectivity index (χ1n) is 5.96. The second kappa shape index (κ2) is 5.81. The molecule has 6 nitrogen and oxygen atoms in total. The number of fused-ring (bicyclic) bond motifs is 1. The molecule has 102 valence electrons. The van der Waals surface area contributed by atoms with Crippen LogP contribution in [0, 0.1) is 0 Å². The summed E-state index contributed by atoms with van der Waals surface area (Å²) < 4.78 is 5.26. The third kappa shape index (κ3) is 3.30. The van der Waals surface area contributed by atoms with Gasteiger partial charge < -0.3 is 20.3 Å². The van der Waals surface area contributed by atoms with Gasteiger partial charge in [-0.25, -0.2) is 4.79 Å². The molecular weight excluding hydrogens is 250 g/mol. The maximum absolute atomic E-state index is 11.8. The molecule has 1 amide bonds. The summed E-state index contributed by atoms with van der Waals surface area (Å²) >= 11 is 0. The molecule has 1 aliphatic rings. The highest BCUT2D eigenvalue weighted by molar-refractivity contribution is 5.94. The lowest BCUT2D eigenvalue weighted by molar-refractivity contribution is -0.146. The molecule has 0 aromatic heterocycles. The number of ether oxygens (including phenoxy) is 1. The smallest absolute Gasteiger partial charge is 0.332 e. The number of carboxylic acid groups (broad SMARTS) is 1. The molecule has 1 aliphatic heterocycles. The topological polar surface area (TPSA) is 95.9 Å². The molecule has 0 bridgehead atoms. The molecular formula is C13H15NO5. The van der Waals surface area contributed by atoms with E-state index in [1.165, 1.54) is 0 Å². The van der Waals surface area contributed by atoms with E-state index in [0.717, 1.165) is 11.1 Å². The van der Waals surface area contributed by atoms with Crippen molar-refractivity contribution < 1.29 is 24.5 Å². The van der Waals surface area contributed by atoms with Crippen LogP contribution in [-0.2, 0) is 22.7 Å². The molecule has 19 heavy (non-hydrogen) atoms. The fourth-order valence-corrected chi connectivity index (χ4v) is 1.86. The molecule has 1 aromatic rings. The molecule has 0 radical (unpaired) electrons. The van der Waals surface area contributed by atoms with E-state index in [9.17, 15) is 9.59 Å². The highest BCUT2D eigenvalue weighted by Gasteiger charge is 2.15. The van der Waals surface area contributed by atoms with Gasteiger partial charge in [-0.05, 0) is 23.3 Å². The highest BCUT2D eigenvalue weighted by Crippen LogP contribution is 2.20. The fourth-order valence-electron chi connectivity index (χ4n) is 1.86. The quantitative estimate of drug-likeness (QED) is 0.710. The van der Waals surface area contributed by atoms with Gasteiger partial charge in [0.25, 0.3) is 5.91 Å². The van der Waals surface area contributed by atoms with Gasteiger partial charge in [-0.15, -0.1) is 0 Å². The van der Waals surface area contributed by atoms with Gasteiger partial charge >= 0.3 is 5.97 Å². The summed E-state index contributed by atoms with van der Waals surface area (Å²) in [6.07, 6.45) is -1.47. The summed E-state index contributed by atoms with van der Waals surface area (Å²) in [7, 11) is 0. The van der Waals surface area contributed by atoms with E-state index in [2.05, 4.69) is 5.32 Å². The summed E-state index contributed by atoms with van der Waals surface area (Å²) in [6.45, 7) is 1.19. The van der Waals surface area contributed by atoms with Gasteiger partial charge in [0.2, 0.25) is 0 Å². The second-order valence-electron chi connectivity index (χ2n) is 4.37. The van der Waals surface area contributed by atoms with E-state index < -0.39 is 12.1 Å². The summed E-state index contributed by atoms with van der Waals surface area (Å²) in [6, 6.07) is 5.32. The van der Waals surface area contributed by atoms with Crippen LogP contribution in [0.25, 0.3) is 0 Å². The van der Waals surface area contributed by atoms with Crippen molar-refractivity contribution in [2.24, 2.45) is 0 Å². The predicted octanol–water partition coefficient (Wildman–Crippen LogP) is 0.282. The van der Waals surface area contributed by atoms with Crippen molar-refractivity contribution in [3.63, 3.8) is 0 Å². The van der Waals surface area contributed by atoms with Gasteiger partial charge in [-0.1, -0.05) is 6.07 Å². The van der Waals surface area contributed by atoms with Crippen LogP contribution in [0.15, 0.2) is 18.2 Å². The standard InChI is InChI=1S/C13H15NO5/c15-11(13(17)18)3-4-14-12(16)8-1-2-9-6-19-7-10(9)5-8/h1-2,5,11,15H,3-4,6-7H2,(H,14,16)(H,17,18)/t11-/m0/s1. The number of carboxylic acids is 1. The van der Waals surface area contributed by atoms with E-state index in [-0.39, 0.29) is 18.9 Å². The van der Waals surface area contributed by atoms with Gasteiger partial charge in [0.1, 0.15) is 0 Å². The van der Waals surface area contributed by atoms with Crippen LogP contribution in [0.3, 0.4) is 0 Å². The maximum Gasteiger partial charge on any atom is 0.332 e. The molecule has 0 unspecified atom stereocenters. The molecule has 0 saturated heterocycles. The SMILES string of the molecule is O=C(NCC[C@H](O)C(=O)O)c1ccc2c(c1)COC2. The van der Waals surface area contributed by atoms with Crippen molar-refractivity contribution in [3.05, 3.63) is 34.9 Å². The largest absolute Gasteiger partial charge is 0.479 e. The Kier molecular flexibility index (Phi) is 4.13. The van der Waals surface area contributed by atoms with Crippen LogP contribution < -0.4 is 5.32 Å². The molecule has 0 aliphatic carbocycles. The average molecular weight is 265 g/mol. The number of aliphatic hydroxyl groups is 1. The summed E-state index contributed by atoms with van der Waals surface area (Å²) in [5, 5.41) is 20.1. The molecule has 3 N–H and O–H groups in total. The number of carbonyl (C=O) groups excluding carboxylic acids is 1. The Bertz CT molecular complexity index is 500. The molecule has 1 heterocycles. The minimum atomic E-state index is -1.45. The summed E-state index contributed by atoms with van der Waals surface area (Å²) in [5.74, 6) is -1.57. The number of rotatable bonds is 5. The Hall–Kier alpha value is -1.92. The zero-order chi connectivity index (χ0) is 13.8. The van der Waals surface area contributed by atoms with Crippen molar-refractivity contribution >= 4 is 11.9 Å². The zero-order valence-electron chi connectivity index (χ0n) is 10.3. The molecule has 0 fully saturated rings. The molecule has 6 heteroatoms. The number of aliphatic hydroxyl groups excluding tert-OH is 1. The van der Waals surface area contributed by atoms with E-state index in [4.69, 9.17) is 14.9 Å². The fraction of sp³-hybridized carbons (Fsp3) is 0.385. The van der Waals surface area contributed by atoms with E-state index >= 15 is 0 Å². The van der Waals surface area contributed by atoms with Crippen LogP contribution >= 0.6 is 0 Å². The summed E-state index contributed by atoms with van der Waals surface area (Å²) in [4.78, 5) is 22.2. The maximum atomic E-state index is 11.8. The van der Waals surface area contributed by atoms with Crippen LogP contribution in [0.1, 0.15) is 27.9 Å². The Morgan fingerprint density at radius 1 is 1.32 bits per heavy atom. The van der Waals surface area contributed by atoms with Crippen LogP contribution in [0.2, 0.25) is 0 Å². The van der Waals surface area contributed by atoms with E-state index in [1.807, 2.05) is 6.07 Å². The Balaban J connectivity index is 1.88. The molecule has 0 saturated carbocycles. The van der Waals surface area contributed by atoms with Crippen molar-refractivity contribution in [1.82, 2.24) is 5.32 Å². The molecule has 1 aromatic carbocycles. The Labute approximate surface area is 110 Å². The van der Waals surface area contributed by atoms with Gasteiger partial charge in [-0.3, -0.25) is 4.79 Å². The van der Waals surface area contributed by atoms with Gasteiger partial charge in [-0.2, -0.15) is 0 Å². The van der Waals surface area contributed by atoms with Crippen molar-refractivity contribution in [2.45, 2.75) is 25.7 Å². The highest BCUT2D eigenvalue weighted by atomic mass is 16.5. The monoisotopic (exact) mass is 265 g/mol. The number of benzene rings is 1. The van der Waals surface area contributed by atoms with E-state index in [1.54, 1.807) is 12.1 Å². The minimum Gasteiger partial charge on any atom is -0.479 e. The summed E-state index contributed by atoms with van der Waals surface area (Å²) in [5.41, 5.74) is 2.59. The average Bonchev–Trinajstić information content (AvgIpc) is 2.85. The zero-order valence-corrected chi connectivity index (χ0v) is 10.3. The van der Waals surface area contributed by atoms with Gasteiger partial charge in [0, 0.05) is 18.5 Å². The van der Waals surface area contributed by atoms with Gasteiger partial charge in [0.05, 0.1) is 13.2 Å². The third-order valence-corrected chi connectivity index (χ3v) is 2.97. The number of nitrogens with one attached hydrogen (secondary N) is 1. The number of carbonyl (C=O) groups is 2. The molecule has 2 rings (SSSR count). The van der Waals surface area contributed by atoms with Crippen molar-refractivity contribution in [1.29, 1.82) is 0 Å². The normalized spacial score (nSPS) is 14.8. The van der Waals surface area contributed by atoms with Crippen LogP contribution in [0.5, 0.6) is 0 Å². The lowest BCUT2D eigenvalue weighted by atomic mass is 10.1. The molecule has 1 atom stereocenters. The Morgan fingerprint density at radius 2 is 2.05 bits per heavy atom. The third-order valence-electron chi connectivity index (χ3n) is 2.97. The number of aliphatic carboxylic acids is 1. The molecule has 0 spiro atoms. The lowest BCUT2D eigenvalue weighted by Crippen LogP contribution is -2.30. The Morgan fingerprint density at radius 3 is 2.79 bits per heavy atom. The first-order valence-corrected chi connectivity index (χ1v) is 5.96. The van der Waals surface area contributed by atoms with Crippen LogP contribution in [-0.4, -0.2) is 34.7 Å². The minimum absolute atomic E-state index is 0.0187. The number of amides is 1. The first-order chi connectivity index (χ1) is 9.08. The van der Waals surface area contributed by atoms with Gasteiger partial charge in [0.15, 0.2) is 6.10 Å². The van der Waals surface area contributed by atoms with Crippen molar-refractivity contribution in [2.75, 3.05) is 6.54 Å². The van der Waals surface area contributed by atoms with Crippen LogP contribution in [0.4, 0.5) is 0 Å². The second-order valence-corrected chi connectivity index (χ2v) is 4.37. The van der Waals surface area contributed by atoms with Crippen molar-refractivity contribution in [3.8, 4) is 0 Å². The first kappa shape index (κ1) is 13.5. The van der Waals surface area contributed by atoms with E-state index in [0.29, 0.717) is 18.8 Å². The number of hydrogen-bond donors (Lipinski definition) is 3. The number of hydrogen-bond acceptors (Lipinski definition) is 4. The lowest BCUT2D eigenvalue weighted by Gasteiger charge is -2.08. The predicted molar refractivity (Wildman–Crippen MR) is 65.5 cm³/mol.